The van der Waals surface area contributed by atoms with Gasteiger partial charge in [-0.15, -0.1) is 0 Å². The van der Waals surface area contributed by atoms with E-state index in [-0.39, 0.29) is 0 Å². The van der Waals surface area contributed by atoms with E-state index in [0.29, 0.717) is 6.61 Å². The highest BCUT2D eigenvalue weighted by molar-refractivity contribution is 5.48. The van der Waals surface area contributed by atoms with Crippen molar-refractivity contribution in [3.8, 4) is 5.75 Å². The van der Waals surface area contributed by atoms with Gasteiger partial charge in [0.15, 0.2) is 0 Å². The average molecular weight is 253 g/mol. The van der Waals surface area contributed by atoms with Crippen molar-refractivity contribution in [2.75, 3.05) is 5.73 Å². The quantitative estimate of drug-likeness (QED) is 0.730. The third-order valence-electron chi connectivity index (χ3n) is 2.99. The number of anilines is 1. The van der Waals surface area contributed by atoms with Gasteiger partial charge in [0, 0.05) is 18.1 Å². The van der Waals surface area contributed by atoms with E-state index in [1.165, 1.54) is 0 Å². The van der Waals surface area contributed by atoms with Crippen LogP contribution in [0.3, 0.4) is 0 Å². The van der Waals surface area contributed by atoms with E-state index in [2.05, 4.69) is 4.98 Å². The summed E-state index contributed by atoms with van der Waals surface area (Å²) in [5.74, 6) is 0.794. The molecular weight excluding hydrogens is 238 g/mol. The zero-order valence-corrected chi connectivity index (χ0v) is 10.7. The number of benzene rings is 1. The molecule has 19 heavy (non-hydrogen) atoms. The lowest BCUT2D eigenvalue weighted by molar-refractivity contribution is 0.302. The normalized spacial score (nSPS) is 10.8. The highest BCUT2D eigenvalue weighted by atomic mass is 16.5. The number of fused-ring (bicyclic) bond motifs is 1. The van der Waals surface area contributed by atoms with Gasteiger partial charge < -0.3 is 14.9 Å². The van der Waals surface area contributed by atoms with E-state index >= 15 is 0 Å². The first-order chi connectivity index (χ1) is 9.22. The number of nitrogens with zero attached hydrogens (tertiary/aromatic N) is 2. The average Bonchev–Trinajstić information content (AvgIpc) is 2.83. The van der Waals surface area contributed by atoms with Crippen LogP contribution in [0.5, 0.6) is 5.75 Å². The molecule has 0 aliphatic rings. The molecule has 2 N–H and O–H groups in total. The van der Waals surface area contributed by atoms with Gasteiger partial charge in [-0.25, -0.2) is 4.98 Å². The minimum absolute atomic E-state index is 0.449. The fourth-order valence-corrected chi connectivity index (χ4v) is 2.00. The first-order valence-electron chi connectivity index (χ1n) is 6.14. The molecule has 0 fully saturated rings. The molecule has 0 unspecified atom stereocenters. The van der Waals surface area contributed by atoms with Crippen LogP contribution in [0.1, 0.15) is 11.3 Å². The van der Waals surface area contributed by atoms with Crippen molar-refractivity contribution in [1.29, 1.82) is 0 Å². The van der Waals surface area contributed by atoms with Crippen molar-refractivity contribution in [1.82, 2.24) is 9.38 Å². The van der Waals surface area contributed by atoms with E-state index in [1.807, 2.05) is 60.1 Å². The summed E-state index contributed by atoms with van der Waals surface area (Å²) in [6, 6.07) is 11.4. The maximum Gasteiger partial charge on any atom is 0.140 e. The first kappa shape index (κ1) is 11.6. The Labute approximate surface area is 111 Å². The number of nitrogens with two attached hydrogens (primary N) is 1. The molecule has 96 valence electrons. The predicted molar refractivity (Wildman–Crippen MR) is 75.1 cm³/mol. The number of pyridine rings is 1. The second kappa shape index (κ2) is 4.65. The Kier molecular flexibility index (Phi) is 2.83. The summed E-state index contributed by atoms with van der Waals surface area (Å²) in [4.78, 5) is 4.56. The summed E-state index contributed by atoms with van der Waals surface area (Å²) in [5, 5.41) is 0. The van der Waals surface area contributed by atoms with Crippen LogP contribution in [0.2, 0.25) is 0 Å². The van der Waals surface area contributed by atoms with Gasteiger partial charge in [-0.2, -0.15) is 0 Å². The van der Waals surface area contributed by atoms with Gasteiger partial charge in [0.05, 0.1) is 5.69 Å². The molecule has 3 rings (SSSR count). The lowest BCUT2D eigenvalue weighted by Gasteiger charge is -2.03. The number of ether oxygens (including phenoxy) is 1. The summed E-state index contributed by atoms with van der Waals surface area (Å²) in [6.07, 6.45) is 3.97. The van der Waals surface area contributed by atoms with Gasteiger partial charge >= 0.3 is 0 Å². The molecule has 0 bridgehead atoms. The lowest BCUT2D eigenvalue weighted by atomic mass is 10.3. The van der Waals surface area contributed by atoms with Crippen molar-refractivity contribution >= 4 is 11.3 Å². The Hall–Kier alpha value is -2.49. The maximum absolute atomic E-state index is 5.69. The van der Waals surface area contributed by atoms with E-state index in [1.54, 1.807) is 0 Å². The van der Waals surface area contributed by atoms with Crippen LogP contribution in [-0.4, -0.2) is 9.38 Å². The van der Waals surface area contributed by atoms with Crippen molar-refractivity contribution in [3.05, 3.63) is 60.0 Å². The Morgan fingerprint density at radius 2 is 2.00 bits per heavy atom. The van der Waals surface area contributed by atoms with Crippen LogP contribution in [0.15, 0.2) is 48.8 Å². The minimum Gasteiger partial charge on any atom is -0.487 e. The molecule has 0 radical (unpaired) electrons. The molecule has 2 heterocycles. The molecular formula is C15H15N3O. The third kappa shape index (κ3) is 2.38. The van der Waals surface area contributed by atoms with Crippen LogP contribution >= 0.6 is 0 Å². The van der Waals surface area contributed by atoms with Crippen molar-refractivity contribution in [2.45, 2.75) is 13.5 Å². The standard InChI is InChI=1S/C15H15N3O/c1-11-3-2-8-18-9-13(17-15(11)18)10-19-14-6-4-12(16)5-7-14/h2-9H,10,16H2,1H3. The summed E-state index contributed by atoms with van der Waals surface area (Å²) in [6.45, 7) is 2.50. The molecule has 0 aliphatic carbocycles. The summed E-state index contributed by atoms with van der Waals surface area (Å²) >= 11 is 0. The number of hydrogen-bond donors (Lipinski definition) is 1. The van der Waals surface area contributed by atoms with Crippen molar-refractivity contribution in [2.24, 2.45) is 0 Å². The van der Waals surface area contributed by atoms with Crippen LogP contribution in [-0.2, 0) is 6.61 Å². The molecule has 2 aromatic heterocycles. The topological polar surface area (TPSA) is 52.5 Å². The smallest absolute Gasteiger partial charge is 0.140 e. The summed E-state index contributed by atoms with van der Waals surface area (Å²) < 4.78 is 7.70. The van der Waals surface area contributed by atoms with Crippen molar-refractivity contribution in [3.63, 3.8) is 0 Å². The molecule has 4 nitrogen and oxygen atoms in total. The Morgan fingerprint density at radius 3 is 2.74 bits per heavy atom. The third-order valence-corrected chi connectivity index (χ3v) is 2.99. The monoisotopic (exact) mass is 253 g/mol. The van der Waals surface area contributed by atoms with E-state index in [4.69, 9.17) is 10.5 Å². The van der Waals surface area contributed by atoms with Gasteiger partial charge in [-0.1, -0.05) is 6.07 Å². The number of imidazole rings is 1. The van der Waals surface area contributed by atoms with Gasteiger partial charge in [-0.3, -0.25) is 0 Å². The number of nitrogen functional groups attached to an aromatic ring is 1. The molecule has 0 spiro atoms. The van der Waals surface area contributed by atoms with E-state index < -0.39 is 0 Å². The Bertz CT molecular complexity index is 701. The molecule has 0 atom stereocenters. The Balaban J connectivity index is 1.78. The van der Waals surface area contributed by atoms with Gasteiger partial charge in [0.1, 0.15) is 18.0 Å². The van der Waals surface area contributed by atoms with Crippen molar-refractivity contribution < 1.29 is 4.74 Å². The summed E-state index contributed by atoms with van der Waals surface area (Å²) in [7, 11) is 0. The van der Waals surface area contributed by atoms with Crippen LogP contribution < -0.4 is 10.5 Å². The molecule has 1 aromatic carbocycles. The van der Waals surface area contributed by atoms with E-state index in [0.717, 1.165) is 28.3 Å². The molecule has 0 amide bonds. The van der Waals surface area contributed by atoms with Crippen LogP contribution in [0.4, 0.5) is 5.69 Å². The molecule has 0 saturated heterocycles. The molecule has 4 heteroatoms. The fraction of sp³-hybridized carbons (Fsp3) is 0.133. The maximum atomic E-state index is 5.69. The van der Waals surface area contributed by atoms with Gasteiger partial charge in [0.2, 0.25) is 0 Å². The van der Waals surface area contributed by atoms with Crippen LogP contribution in [0, 0.1) is 6.92 Å². The Morgan fingerprint density at radius 1 is 1.21 bits per heavy atom. The number of rotatable bonds is 3. The highest BCUT2D eigenvalue weighted by Gasteiger charge is 2.04. The highest BCUT2D eigenvalue weighted by Crippen LogP contribution is 2.16. The number of aromatic nitrogens is 2. The fourth-order valence-electron chi connectivity index (χ4n) is 2.00. The van der Waals surface area contributed by atoms with E-state index in [9.17, 15) is 0 Å². The number of aryl methyl sites for hydroxylation is 1. The van der Waals surface area contributed by atoms with Gasteiger partial charge in [-0.05, 0) is 42.8 Å². The zero-order chi connectivity index (χ0) is 13.2. The second-order valence-corrected chi connectivity index (χ2v) is 4.51. The predicted octanol–water partition coefficient (Wildman–Crippen LogP) is 2.80. The zero-order valence-electron chi connectivity index (χ0n) is 10.7. The first-order valence-corrected chi connectivity index (χ1v) is 6.14. The summed E-state index contributed by atoms with van der Waals surface area (Å²) in [5.41, 5.74) is 9.40. The number of hydrogen-bond acceptors (Lipinski definition) is 3. The molecule has 0 aliphatic heterocycles. The van der Waals surface area contributed by atoms with Crippen LogP contribution in [0.25, 0.3) is 5.65 Å². The van der Waals surface area contributed by atoms with Gasteiger partial charge in [0.25, 0.3) is 0 Å². The second-order valence-electron chi connectivity index (χ2n) is 4.51. The minimum atomic E-state index is 0.449. The SMILES string of the molecule is Cc1cccn2cc(COc3ccc(N)cc3)nc12. The molecule has 3 aromatic rings. The lowest BCUT2D eigenvalue weighted by Crippen LogP contribution is -1.95. The largest absolute Gasteiger partial charge is 0.487 e. The molecule has 0 saturated carbocycles.